The smallest absolute Gasteiger partial charge is 0.328 e. The molecular formula is C32H35N7O4. The maximum absolute atomic E-state index is 13.4. The van der Waals surface area contributed by atoms with E-state index in [-0.39, 0.29) is 18.9 Å². The number of aromatic nitrogens is 3. The average molecular weight is 582 g/mol. The molecule has 2 N–H and O–H groups in total. The Morgan fingerprint density at radius 1 is 0.907 bits per heavy atom. The van der Waals surface area contributed by atoms with Crippen LogP contribution < -0.4 is 20.0 Å². The molecule has 11 heteroatoms. The van der Waals surface area contributed by atoms with Gasteiger partial charge in [0.15, 0.2) is 11.9 Å². The maximum Gasteiger partial charge on any atom is 0.328 e. The number of anilines is 3. The molecule has 1 aliphatic rings. The Balaban J connectivity index is 1.36. The van der Waals surface area contributed by atoms with Gasteiger partial charge in [0.2, 0.25) is 0 Å². The van der Waals surface area contributed by atoms with E-state index in [1.807, 2.05) is 91.8 Å². The van der Waals surface area contributed by atoms with Crippen LogP contribution in [0.25, 0.3) is 11.4 Å². The highest BCUT2D eigenvalue weighted by atomic mass is 16.5. The van der Waals surface area contributed by atoms with Crippen molar-refractivity contribution in [2.24, 2.45) is 0 Å². The number of carboxylic acids is 1. The number of carbonyl (C=O) groups excluding carboxylic acids is 1. The Morgan fingerprint density at radius 2 is 1.58 bits per heavy atom. The predicted octanol–water partition coefficient (Wildman–Crippen LogP) is 3.33. The van der Waals surface area contributed by atoms with Crippen LogP contribution in [0.5, 0.6) is 0 Å². The monoisotopic (exact) mass is 581 g/mol. The number of carbonyl (C=O) groups is 2. The molecule has 0 saturated carbocycles. The fourth-order valence-electron chi connectivity index (χ4n) is 4.73. The first-order chi connectivity index (χ1) is 20.9. The summed E-state index contributed by atoms with van der Waals surface area (Å²) in [6.07, 6.45) is 1.78. The summed E-state index contributed by atoms with van der Waals surface area (Å²) >= 11 is 0. The molecule has 1 saturated heterocycles. The lowest BCUT2D eigenvalue weighted by atomic mass is 10.1. The lowest BCUT2D eigenvalue weighted by Gasteiger charge is -2.36. The number of nitrogens with one attached hydrogen (secondary N) is 1. The zero-order valence-corrected chi connectivity index (χ0v) is 24.3. The molecule has 1 amide bonds. The van der Waals surface area contributed by atoms with Crippen molar-refractivity contribution < 1.29 is 19.4 Å². The molecule has 1 aliphatic heterocycles. The molecule has 2 aromatic carbocycles. The van der Waals surface area contributed by atoms with Crippen molar-refractivity contribution in [2.75, 3.05) is 61.6 Å². The van der Waals surface area contributed by atoms with E-state index in [2.05, 4.69) is 25.1 Å². The molecule has 2 aromatic heterocycles. The second-order valence-corrected chi connectivity index (χ2v) is 10.4. The first kappa shape index (κ1) is 29.5. The zero-order chi connectivity index (χ0) is 30.2. The number of hydrogen-bond acceptors (Lipinski definition) is 9. The molecule has 1 unspecified atom stereocenters. The maximum atomic E-state index is 13.4. The summed E-state index contributed by atoms with van der Waals surface area (Å²) in [4.78, 5) is 45.6. The first-order valence-corrected chi connectivity index (χ1v) is 14.1. The molecule has 1 fully saturated rings. The minimum absolute atomic E-state index is 0.0816. The zero-order valence-electron chi connectivity index (χ0n) is 24.3. The van der Waals surface area contributed by atoms with Crippen LogP contribution in [0.3, 0.4) is 0 Å². The van der Waals surface area contributed by atoms with E-state index in [1.165, 1.54) is 0 Å². The number of carboxylic acid groups (broad SMARTS) is 1. The highest BCUT2D eigenvalue weighted by molar-refractivity contribution is 5.96. The van der Waals surface area contributed by atoms with E-state index in [0.29, 0.717) is 24.7 Å². The number of hydrogen-bond donors (Lipinski definition) is 2. The lowest BCUT2D eigenvalue weighted by Crippen LogP contribution is -2.47. The van der Waals surface area contributed by atoms with Gasteiger partial charge >= 0.3 is 5.97 Å². The number of aliphatic carboxylic acids is 1. The Labute approximate surface area is 250 Å². The second-order valence-electron chi connectivity index (χ2n) is 10.4. The van der Waals surface area contributed by atoms with Gasteiger partial charge in [-0.15, -0.1) is 0 Å². The molecule has 4 aromatic rings. The minimum Gasteiger partial charge on any atom is -0.480 e. The SMILES string of the molecule is CN(C)c1ccc(-c2nc(C(=O)NC(COCc3ccccc3)C(=O)O)cc(N3CCN(c4ccccn4)CC3)n2)cc1. The van der Waals surface area contributed by atoms with Crippen LogP contribution in [-0.4, -0.2) is 84.9 Å². The number of rotatable bonds is 11. The molecule has 43 heavy (non-hydrogen) atoms. The average Bonchev–Trinajstić information content (AvgIpc) is 3.05. The van der Waals surface area contributed by atoms with Crippen molar-refractivity contribution in [3.05, 3.63) is 96.3 Å². The van der Waals surface area contributed by atoms with Gasteiger partial charge in [0.05, 0.1) is 13.2 Å². The number of benzene rings is 2. The number of ether oxygens (including phenoxy) is 1. The van der Waals surface area contributed by atoms with Crippen molar-refractivity contribution in [1.29, 1.82) is 0 Å². The number of piperazine rings is 1. The summed E-state index contributed by atoms with van der Waals surface area (Å²) in [5.74, 6) is 0.0891. The molecule has 11 nitrogen and oxygen atoms in total. The van der Waals surface area contributed by atoms with Gasteiger partial charge in [0.25, 0.3) is 5.91 Å². The standard InChI is InChI=1S/C32H35N7O4/c1-37(2)25-13-11-24(12-14-25)30-34-26(31(40)35-27(32(41)42)22-43-21-23-8-4-3-5-9-23)20-29(36-30)39-18-16-38(17-19-39)28-10-6-7-15-33-28/h3-15,20,27H,16-19,21-22H2,1-2H3,(H,35,40)(H,41,42). The summed E-state index contributed by atoms with van der Waals surface area (Å²) in [5.41, 5.74) is 2.75. The number of nitrogens with zero attached hydrogens (tertiary/aromatic N) is 6. The van der Waals surface area contributed by atoms with Crippen molar-refractivity contribution >= 4 is 29.2 Å². The van der Waals surface area contributed by atoms with Crippen LogP contribution in [0.2, 0.25) is 0 Å². The third-order valence-electron chi connectivity index (χ3n) is 7.16. The summed E-state index contributed by atoms with van der Waals surface area (Å²) in [6.45, 7) is 2.83. The molecule has 222 valence electrons. The summed E-state index contributed by atoms with van der Waals surface area (Å²) < 4.78 is 5.62. The largest absolute Gasteiger partial charge is 0.480 e. The minimum atomic E-state index is -1.25. The first-order valence-electron chi connectivity index (χ1n) is 14.1. The molecule has 0 spiro atoms. The fourth-order valence-corrected chi connectivity index (χ4v) is 4.73. The normalized spacial score (nSPS) is 13.8. The topological polar surface area (TPSA) is 124 Å². The van der Waals surface area contributed by atoms with Crippen molar-refractivity contribution in [3.63, 3.8) is 0 Å². The van der Waals surface area contributed by atoms with Gasteiger partial charge in [-0.25, -0.2) is 19.7 Å². The predicted molar refractivity (Wildman–Crippen MR) is 165 cm³/mol. The van der Waals surface area contributed by atoms with Crippen LogP contribution in [-0.2, 0) is 16.1 Å². The Kier molecular flexibility index (Phi) is 9.42. The summed E-state index contributed by atoms with van der Waals surface area (Å²) in [5, 5.41) is 12.4. The summed E-state index contributed by atoms with van der Waals surface area (Å²) in [6, 6.07) is 23.4. The Morgan fingerprint density at radius 3 is 2.21 bits per heavy atom. The third-order valence-corrected chi connectivity index (χ3v) is 7.16. The van der Waals surface area contributed by atoms with Crippen molar-refractivity contribution in [1.82, 2.24) is 20.3 Å². The van der Waals surface area contributed by atoms with Crippen LogP contribution in [0, 0.1) is 0 Å². The van der Waals surface area contributed by atoms with Gasteiger partial charge in [-0.3, -0.25) is 4.79 Å². The van der Waals surface area contributed by atoms with Gasteiger partial charge in [-0.1, -0.05) is 36.4 Å². The van der Waals surface area contributed by atoms with E-state index in [4.69, 9.17) is 9.72 Å². The molecule has 0 radical (unpaired) electrons. The molecular weight excluding hydrogens is 546 g/mol. The molecule has 0 bridgehead atoms. The van der Waals surface area contributed by atoms with Crippen molar-refractivity contribution in [3.8, 4) is 11.4 Å². The number of pyridine rings is 1. The Hall–Kier alpha value is -5.03. The molecule has 3 heterocycles. The van der Waals surface area contributed by atoms with E-state index in [1.54, 1.807) is 12.3 Å². The third kappa shape index (κ3) is 7.63. The van der Waals surface area contributed by atoms with E-state index >= 15 is 0 Å². The Bertz CT molecular complexity index is 1510. The quantitative estimate of drug-likeness (QED) is 0.273. The molecule has 1 atom stereocenters. The lowest BCUT2D eigenvalue weighted by molar-refractivity contribution is -0.141. The van der Waals surface area contributed by atoms with E-state index < -0.39 is 17.9 Å². The number of amides is 1. The van der Waals surface area contributed by atoms with Crippen LogP contribution in [0.4, 0.5) is 17.3 Å². The highest BCUT2D eigenvalue weighted by Crippen LogP contribution is 2.24. The van der Waals surface area contributed by atoms with Gasteiger partial charge in [0, 0.05) is 63.8 Å². The van der Waals surface area contributed by atoms with Gasteiger partial charge in [-0.05, 0) is 42.0 Å². The highest BCUT2D eigenvalue weighted by Gasteiger charge is 2.25. The van der Waals surface area contributed by atoms with Crippen LogP contribution in [0.15, 0.2) is 85.1 Å². The second kappa shape index (κ2) is 13.8. The van der Waals surface area contributed by atoms with E-state index in [0.717, 1.165) is 35.7 Å². The van der Waals surface area contributed by atoms with Crippen LogP contribution >= 0.6 is 0 Å². The molecule has 5 rings (SSSR count). The fraction of sp³-hybridized carbons (Fsp3) is 0.281. The summed E-state index contributed by atoms with van der Waals surface area (Å²) in [7, 11) is 3.92. The van der Waals surface area contributed by atoms with Crippen molar-refractivity contribution in [2.45, 2.75) is 12.6 Å². The van der Waals surface area contributed by atoms with Gasteiger partial charge in [0.1, 0.15) is 17.3 Å². The van der Waals surface area contributed by atoms with E-state index in [9.17, 15) is 14.7 Å². The van der Waals surface area contributed by atoms with Gasteiger partial charge in [-0.2, -0.15) is 0 Å². The molecule has 0 aliphatic carbocycles. The van der Waals surface area contributed by atoms with Gasteiger partial charge < -0.3 is 29.9 Å². The van der Waals surface area contributed by atoms with Crippen LogP contribution in [0.1, 0.15) is 16.1 Å².